The average Bonchev–Trinajstić information content (AvgIpc) is 2.50. The predicted octanol–water partition coefficient (Wildman–Crippen LogP) is 4.74. The Morgan fingerprint density at radius 2 is 1.86 bits per heavy atom. The van der Waals surface area contributed by atoms with Crippen LogP contribution in [0.15, 0.2) is 46.9 Å². The van der Waals surface area contributed by atoms with Crippen LogP contribution in [-0.2, 0) is 11.3 Å². The van der Waals surface area contributed by atoms with Crippen molar-refractivity contribution in [1.29, 1.82) is 0 Å². The van der Waals surface area contributed by atoms with Crippen LogP contribution in [-0.4, -0.2) is 20.3 Å². The number of hydrogen-bond donors (Lipinski definition) is 1. The maximum atomic E-state index is 6.00. The molecule has 112 valence electrons. The van der Waals surface area contributed by atoms with Crippen molar-refractivity contribution >= 4 is 33.2 Å². The number of halogens is 2. The quantitative estimate of drug-likeness (QED) is 0.714. The summed E-state index contributed by atoms with van der Waals surface area (Å²) in [7, 11) is 1.66. The van der Waals surface area contributed by atoms with Crippen LogP contribution in [0.1, 0.15) is 5.56 Å². The maximum Gasteiger partial charge on any atom is 0.119 e. The van der Waals surface area contributed by atoms with Crippen LogP contribution in [0.2, 0.25) is 5.02 Å². The van der Waals surface area contributed by atoms with E-state index in [1.165, 1.54) is 0 Å². The molecule has 0 heterocycles. The molecule has 0 aliphatic rings. The maximum absolute atomic E-state index is 6.00. The number of methoxy groups -OCH3 is 1. The first-order valence-electron chi connectivity index (χ1n) is 6.58. The Bertz CT molecular complexity index is 575. The monoisotopic (exact) mass is 369 g/mol. The van der Waals surface area contributed by atoms with E-state index in [0.717, 1.165) is 26.5 Å². The molecule has 3 nitrogen and oxygen atoms in total. The van der Waals surface area contributed by atoms with Crippen molar-refractivity contribution in [2.75, 3.05) is 25.6 Å². The zero-order valence-corrected chi connectivity index (χ0v) is 14.1. The van der Waals surface area contributed by atoms with E-state index in [9.17, 15) is 0 Å². The Morgan fingerprint density at radius 3 is 2.57 bits per heavy atom. The lowest BCUT2D eigenvalue weighted by Crippen LogP contribution is -2.04. The van der Waals surface area contributed by atoms with Crippen LogP contribution in [0.3, 0.4) is 0 Å². The molecular weight excluding hydrogens is 354 g/mol. The summed E-state index contributed by atoms with van der Waals surface area (Å²) in [5, 5.41) is 4.09. The van der Waals surface area contributed by atoms with E-state index in [4.69, 9.17) is 21.1 Å². The second-order valence-corrected chi connectivity index (χ2v) is 5.75. The molecule has 2 rings (SSSR count). The van der Waals surface area contributed by atoms with Crippen LogP contribution in [0.25, 0.3) is 0 Å². The van der Waals surface area contributed by atoms with Crippen LogP contribution >= 0.6 is 27.5 Å². The summed E-state index contributed by atoms with van der Waals surface area (Å²) in [5.41, 5.74) is 2.14. The summed E-state index contributed by atoms with van der Waals surface area (Å²) < 4.78 is 11.5. The summed E-state index contributed by atoms with van der Waals surface area (Å²) in [4.78, 5) is 0. The van der Waals surface area contributed by atoms with Crippen molar-refractivity contribution in [2.24, 2.45) is 0 Å². The number of ether oxygens (including phenoxy) is 2. The molecule has 2 aromatic rings. The summed E-state index contributed by atoms with van der Waals surface area (Å²) in [6, 6.07) is 13.6. The second-order valence-electron chi connectivity index (χ2n) is 4.45. The van der Waals surface area contributed by atoms with Crippen molar-refractivity contribution < 1.29 is 9.47 Å². The van der Waals surface area contributed by atoms with Gasteiger partial charge in [-0.05, 0) is 48.0 Å². The number of hydrogen-bond acceptors (Lipinski definition) is 3. The molecule has 0 spiro atoms. The van der Waals surface area contributed by atoms with Gasteiger partial charge >= 0.3 is 0 Å². The highest BCUT2D eigenvalue weighted by Gasteiger charge is 2.01. The molecule has 0 aliphatic carbocycles. The summed E-state index contributed by atoms with van der Waals surface area (Å²) in [5.74, 6) is 0.835. The van der Waals surface area contributed by atoms with Crippen molar-refractivity contribution in [3.8, 4) is 5.75 Å². The fourth-order valence-corrected chi connectivity index (χ4v) is 2.37. The minimum absolute atomic E-state index is 0.554. The number of nitrogens with one attached hydrogen (secondary N) is 1. The van der Waals surface area contributed by atoms with Gasteiger partial charge in [-0.1, -0.05) is 27.5 Å². The van der Waals surface area contributed by atoms with E-state index in [1.807, 2.05) is 42.5 Å². The first-order chi connectivity index (χ1) is 10.2. The Balaban J connectivity index is 1.90. The van der Waals surface area contributed by atoms with Gasteiger partial charge in [-0.3, -0.25) is 0 Å². The third kappa shape index (κ3) is 5.23. The van der Waals surface area contributed by atoms with Gasteiger partial charge in [0.15, 0.2) is 0 Å². The van der Waals surface area contributed by atoms with Gasteiger partial charge in [0.2, 0.25) is 0 Å². The van der Waals surface area contributed by atoms with Gasteiger partial charge in [-0.15, -0.1) is 0 Å². The third-order valence-electron chi connectivity index (χ3n) is 2.90. The molecule has 0 aliphatic heterocycles. The smallest absolute Gasteiger partial charge is 0.119 e. The summed E-state index contributed by atoms with van der Waals surface area (Å²) in [6.45, 7) is 1.84. The minimum atomic E-state index is 0.554. The fourth-order valence-electron chi connectivity index (χ4n) is 1.79. The van der Waals surface area contributed by atoms with E-state index in [1.54, 1.807) is 7.11 Å². The third-order valence-corrected chi connectivity index (χ3v) is 3.91. The van der Waals surface area contributed by atoms with Crippen molar-refractivity contribution in [3.63, 3.8) is 0 Å². The first-order valence-corrected chi connectivity index (χ1v) is 7.76. The zero-order chi connectivity index (χ0) is 15.1. The Labute approximate surface area is 138 Å². The first kappa shape index (κ1) is 16.1. The highest BCUT2D eigenvalue weighted by molar-refractivity contribution is 9.10. The summed E-state index contributed by atoms with van der Waals surface area (Å²) in [6.07, 6.45) is 0. The average molecular weight is 371 g/mol. The SMILES string of the molecule is COCCOc1ccc(NCc2cc(Cl)ccc2Br)cc1. The normalized spacial score (nSPS) is 10.4. The molecule has 0 saturated carbocycles. The predicted molar refractivity (Wildman–Crippen MR) is 90.3 cm³/mol. The van der Waals surface area contributed by atoms with Crippen LogP contribution in [0, 0.1) is 0 Å². The summed E-state index contributed by atoms with van der Waals surface area (Å²) >= 11 is 9.52. The lowest BCUT2D eigenvalue weighted by Gasteiger charge is -2.10. The molecule has 5 heteroatoms. The Hall–Kier alpha value is -1.23. The van der Waals surface area contributed by atoms with Crippen molar-refractivity contribution in [3.05, 3.63) is 57.5 Å². The van der Waals surface area contributed by atoms with Gasteiger partial charge in [0, 0.05) is 28.8 Å². The number of anilines is 1. The fraction of sp³-hybridized carbons (Fsp3) is 0.250. The molecule has 0 saturated heterocycles. The zero-order valence-electron chi connectivity index (χ0n) is 11.7. The second kappa shape index (κ2) is 8.27. The van der Waals surface area contributed by atoms with Gasteiger partial charge in [0.05, 0.1) is 6.61 Å². The molecule has 0 fully saturated rings. The van der Waals surface area contributed by atoms with Gasteiger partial charge < -0.3 is 14.8 Å². The van der Waals surface area contributed by atoms with Crippen LogP contribution in [0.4, 0.5) is 5.69 Å². The van der Waals surface area contributed by atoms with Gasteiger partial charge in [0.1, 0.15) is 12.4 Å². The topological polar surface area (TPSA) is 30.5 Å². The van der Waals surface area contributed by atoms with E-state index in [2.05, 4.69) is 21.2 Å². The van der Waals surface area contributed by atoms with Crippen molar-refractivity contribution in [1.82, 2.24) is 0 Å². The highest BCUT2D eigenvalue weighted by atomic mass is 79.9. The van der Waals surface area contributed by atoms with Gasteiger partial charge in [-0.2, -0.15) is 0 Å². The molecule has 2 aromatic carbocycles. The molecule has 0 aromatic heterocycles. The molecule has 0 bridgehead atoms. The number of rotatable bonds is 7. The number of benzene rings is 2. The molecule has 0 amide bonds. The van der Waals surface area contributed by atoms with Gasteiger partial charge in [0.25, 0.3) is 0 Å². The van der Waals surface area contributed by atoms with E-state index < -0.39 is 0 Å². The molecular formula is C16H17BrClNO2. The highest BCUT2D eigenvalue weighted by Crippen LogP contribution is 2.23. The molecule has 1 N–H and O–H groups in total. The van der Waals surface area contributed by atoms with E-state index >= 15 is 0 Å². The minimum Gasteiger partial charge on any atom is -0.491 e. The lowest BCUT2D eigenvalue weighted by molar-refractivity contribution is 0.146. The van der Waals surface area contributed by atoms with E-state index in [0.29, 0.717) is 19.8 Å². The standard InChI is InChI=1S/C16H17BrClNO2/c1-20-8-9-21-15-5-3-14(4-6-15)19-11-12-10-13(18)2-7-16(12)17/h2-7,10,19H,8-9,11H2,1H3. The molecule has 0 atom stereocenters. The van der Waals surface area contributed by atoms with Crippen LogP contribution in [0.5, 0.6) is 5.75 Å². The Kier molecular flexibility index (Phi) is 6.36. The van der Waals surface area contributed by atoms with Crippen LogP contribution < -0.4 is 10.1 Å². The van der Waals surface area contributed by atoms with E-state index in [-0.39, 0.29) is 0 Å². The Morgan fingerprint density at radius 1 is 1.10 bits per heavy atom. The van der Waals surface area contributed by atoms with Gasteiger partial charge in [-0.25, -0.2) is 0 Å². The largest absolute Gasteiger partial charge is 0.491 e. The molecule has 21 heavy (non-hydrogen) atoms. The lowest BCUT2D eigenvalue weighted by atomic mass is 10.2. The molecule has 0 unspecified atom stereocenters. The molecule has 0 radical (unpaired) electrons. The van der Waals surface area contributed by atoms with Crippen molar-refractivity contribution in [2.45, 2.75) is 6.54 Å².